The highest BCUT2D eigenvalue weighted by Crippen LogP contribution is 2.21. The quantitative estimate of drug-likeness (QED) is 0.448. The van der Waals surface area contributed by atoms with Gasteiger partial charge in [0.2, 0.25) is 21.8 Å². The van der Waals surface area contributed by atoms with Crippen molar-refractivity contribution in [3.63, 3.8) is 0 Å². The number of halogens is 2. The standard InChI is InChI=1S/C25H33F2N3O4S/c1-4-23(25(32)28-5-2)29(17-15-19-10-7-6-8-11-19)24(31)12-9-16-30(35(3,33)34)20-13-14-21(26)22(27)18-20/h6-8,10-11,13-14,18,23H,4-5,9,12,15-17H2,1-3H3,(H,28,32)/t23-/m0/s1. The number of sulfonamides is 1. The summed E-state index contributed by atoms with van der Waals surface area (Å²) in [5, 5.41) is 2.77. The molecule has 0 aromatic heterocycles. The highest BCUT2D eigenvalue weighted by molar-refractivity contribution is 7.92. The fourth-order valence-corrected chi connectivity index (χ4v) is 4.79. The Labute approximate surface area is 206 Å². The number of amides is 2. The van der Waals surface area contributed by atoms with E-state index in [1.165, 1.54) is 6.07 Å². The molecule has 0 radical (unpaired) electrons. The van der Waals surface area contributed by atoms with E-state index in [4.69, 9.17) is 0 Å². The summed E-state index contributed by atoms with van der Waals surface area (Å²) in [7, 11) is -3.80. The van der Waals surface area contributed by atoms with Gasteiger partial charge in [0.15, 0.2) is 11.6 Å². The maximum atomic E-state index is 13.7. The lowest BCUT2D eigenvalue weighted by atomic mass is 10.1. The first-order chi connectivity index (χ1) is 16.6. The van der Waals surface area contributed by atoms with Crippen molar-refractivity contribution >= 4 is 27.5 Å². The van der Waals surface area contributed by atoms with Crippen LogP contribution in [0.5, 0.6) is 0 Å². The van der Waals surface area contributed by atoms with E-state index >= 15 is 0 Å². The molecule has 0 unspecified atom stereocenters. The highest BCUT2D eigenvalue weighted by Gasteiger charge is 2.28. The minimum Gasteiger partial charge on any atom is -0.355 e. The van der Waals surface area contributed by atoms with E-state index in [0.29, 0.717) is 25.9 Å². The van der Waals surface area contributed by atoms with Crippen LogP contribution in [0.15, 0.2) is 48.5 Å². The van der Waals surface area contributed by atoms with Crippen molar-refractivity contribution in [3.05, 3.63) is 65.7 Å². The van der Waals surface area contributed by atoms with Crippen molar-refractivity contribution in [2.45, 2.75) is 45.6 Å². The molecule has 2 rings (SSSR count). The molecule has 2 amide bonds. The third kappa shape index (κ3) is 8.31. The number of hydrogen-bond donors (Lipinski definition) is 1. The molecule has 0 aliphatic carbocycles. The summed E-state index contributed by atoms with van der Waals surface area (Å²) in [6.07, 6.45) is 2.08. The zero-order chi connectivity index (χ0) is 26.0. The van der Waals surface area contributed by atoms with Gasteiger partial charge in [-0.1, -0.05) is 37.3 Å². The Morgan fingerprint density at radius 2 is 1.69 bits per heavy atom. The molecule has 0 saturated heterocycles. The predicted octanol–water partition coefficient (Wildman–Crippen LogP) is 3.50. The van der Waals surface area contributed by atoms with Crippen LogP contribution in [0.4, 0.5) is 14.5 Å². The summed E-state index contributed by atoms with van der Waals surface area (Å²) in [6, 6.07) is 11.8. The van der Waals surface area contributed by atoms with Crippen LogP contribution in [0.25, 0.3) is 0 Å². The molecular weight excluding hydrogens is 476 g/mol. The largest absolute Gasteiger partial charge is 0.355 e. The number of likely N-dealkylation sites (N-methyl/N-ethyl adjacent to an activating group) is 1. The van der Waals surface area contributed by atoms with Crippen molar-refractivity contribution in [2.75, 3.05) is 30.2 Å². The zero-order valence-electron chi connectivity index (χ0n) is 20.3. The van der Waals surface area contributed by atoms with Gasteiger partial charge < -0.3 is 10.2 Å². The van der Waals surface area contributed by atoms with Crippen LogP contribution in [0.2, 0.25) is 0 Å². The maximum Gasteiger partial charge on any atom is 0.242 e. The average molecular weight is 510 g/mol. The SMILES string of the molecule is CCNC(=O)[C@H](CC)N(CCc1ccccc1)C(=O)CCCN(c1ccc(F)c(F)c1)S(C)(=O)=O. The van der Waals surface area contributed by atoms with Gasteiger partial charge in [0.25, 0.3) is 0 Å². The number of anilines is 1. The molecule has 10 heteroatoms. The number of carbonyl (C=O) groups is 2. The number of hydrogen-bond acceptors (Lipinski definition) is 4. The summed E-state index contributed by atoms with van der Waals surface area (Å²) in [4.78, 5) is 27.4. The predicted molar refractivity (Wildman–Crippen MR) is 132 cm³/mol. The van der Waals surface area contributed by atoms with Crippen molar-refractivity contribution in [3.8, 4) is 0 Å². The Kier molecular flexibility index (Phi) is 10.6. The van der Waals surface area contributed by atoms with Crippen LogP contribution in [0, 0.1) is 11.6 Å². The second-order valence-corrected chi connectivity index (χ2v) is 10.1. The number of nitrogens with zero attached hydrogens (tertiary/aromatic N) is 2. The van der Waals surface area contributed by atoms with E-state index in [0.717, 1.165) is 28.3 Å². The van der Waals surface area contributed by atoms with Crippen LogP contribution in [0.3, 0.4) is 0 Å². The fourth-order valence-electron chi connectivity index (χ4n) is 3.83. The first-order valence-corrected chi connectivity index (χ1v) is 13.5. The normalized spacial score (nSPS) is 12.1. The molecule has 0 saturated carbocycles. The molecule has 0 fully saturated rings. The second-order valence-electron chi connectivity index (χ2n) is 8.18. The maximum absolute atomic E-state index is 13.7. The molecule has 7 nitrogen and oxygen atoms in total. The Morgan fingerprint density at radius 3 is 2.26 bits per heavy atom. The lowest BCUT2D eigenvalue weighted by Crippen LogP contribution is -2.50. The first-order valence-electron chi connectivity index (χ1n) is 11.6. The number of rotatable bonds is 13. The minimum atomic E-state index is -3.80. The number of nitrogens with one attached hydrogen (secondary N) is 1. The van der Waals surface area contributed by atoms with Crippen molar-refractivity contribution in [1.29, 1.82) is 0 Å². The number of benzene rings is 2. The molecule has 0 spiro atoms. The van der Waals surface area contributed by atoms with Gasteiger partial charge in [0.05, 0.1) is 11.9 Å². The summed E-state index contributed by atoms with van der Waals surface area (Å²) in [6.45, 7) is 4.31. The molecule has 192 valence electrons. The minimum absolute atomic E-state index is 0.0135. The Morgan fingerprint density at radius 1 is 1.00 bits per heavy atom. The van der Waals surface area contributed by atoms with Crippen LogP contribution in [0.1, 0.15) is 38.7 Å². The van der Waals surface area contributed by atoms with Gasteiger partial charge in [0.1, 0.15) is 6.04 Å². The average Bonchev–Trinajstić information content (AvgIpc) is 2.81. The molecule has 0 bridgehead atoms. The van der Waals surface area contributed by atoms with Gasteiger partial charge in [0, 0.05) is 32.1 Å². The van der Waals surface area contributed by atoms with Gasteiger partial charge in [-0.2, -0.15) is 0 Å². The van der Waals surface area contributed by atoms with Crippen LogP contribution in [-0.2, 0) is 26.0 Å². The lowest BCUT2D eigenvalue weighted by Gasteiger charge is -2.31. The van der Waals surface area contributed by atoms with Gasteiger partial charge in [-0.25, -0.2) is 17.2 Å². The second kappa shape index (κ2) is 13.2. The summed E-state index contributed by atoms with van der Waals surface area (Å²) >= 11 is 0. The summed E-state index contributed by atoms with van der Waals surface area (Å²) in [5.74, 6) is -2.76. The van der Waals surface area contributed by atoms with Gasteiger partial charge in [-0.15, -0.1) is 0 Å². The third-order valence-electron chi connectivity index (χ3n) is 5.56. The van der Waals surface area contributed by atoms with Crippen molar-refractivity contribution in [2.24, 2.45) is 0 Å². The molecule has 0 heterocycles. The molecule has 1 atom stereocenters. The van der Waals surface area contributed by atoms with Gasteiger partial charge in [-0.05, 0) is 43.9 Å². The van der Waals surface area contributed by atoms with Crippen molar-refractivity contribution in [1.82, 2.24) is 10.2 Å². The fraction of sp³-hybridized carbons (Fsp3) is 0.440. The van der Waals surface area contributed by atoms with E-state index in [1.54, 1.807) is 11.8 Å². The van der Waals surface area contributed by atoms with E-state index in [2.05, 4.69) is 5.32 Å². The Balaban J connectivity index is 2.15. The Bertz CT molecular complexity index is 1100. The lowest BCUT2D eigenvalue weighted by molar-refractivity contribution is -0.140. The Hall–Kier alpha value is -3.01. The molecule has 2 aromatic rings. The number of carbonyl (C=O) groups excluding carboxylic acids is 2. The molecule has 0 aliphatic heterocycles. The van der Waals surface area contributed by atoms with Gasteiger partial charge in [-0.3, -0.25) is 13.9 Å². The van der Waals surface area contributed by atoms with E-state index in [-0.39, 0.29) is 36.9 Å². The first kappa shape index (κ1) is 28.2. The van der Waals surface area contributed by atoms with Crippen LogP contribution in [-0.4, -0.2) is 57.1 Å². The highest BCUT2D eigenvalue weighted by atomic mass is 32.2. The summed E-state index contributed by atoms with van der Waals surface area (Å²) < 4.78 is 52.5. The molecule has 0 aliphatic rings. The molecular formula is C25H33F2N3O4S. The van der Waals surface area contributed by atoms with E-state index in [9.17, 15) is 26.8 Å². The monoisotopic (exact) mass is 509 g/mol. The van der Waals surface area contributed by atoms with Crippen molar-refractivity contribution < 1.29 is 26.8 Å². The van der Waals surface area contributed by atoms with E-state index in [1.807, 2.05) is 37.3 Å². The third-order valence-corrected chi connectivity index (χ3v) is 6.76. The van der Waals surface area contributed by atoms with Gasteiger partial charge >= 0.3 is 0 Å². The zero-order valence-corrected chi connectivity index (χ0v) is 21.2. The van der Waals surface area contributed by atoms with E-state index < -0.39 is 27.7 Å². The molecule has 35 heavy (non-hydrogen) atoms. The van der Waals surface area contributed by atoms with Crippen LogP contribution >= 0.6 is 0 Å². The molecule has 1 N–H and O–H groups in total. The molecule has 2 aromatic carbocycles. The topological polar surface area (TPSA) is 86.8 Å². The summed E-state index contributed by atoms with van der Waals surface area (Å²) in [5.41, 5.74) is 1.01. The smallest absolute Gasteiger partial charge is 0.242 e. The van der Waals surface area contributed by atoms with Crippen LogP contribution < -0.4 is 9.62 Å².